The summed E-state index contributed by atoms with van der Waals surface area (Å²) in [7, 11) is 4.78. The summed E-state index contributed by atoms with van der Waals surface area (Å²) in [6.45, 7) is 17.4. The zero-order valence-electron chi connectivity index (χ0n) is 17.3. The van der Waals surface area contributed by atoms with E-state index in [0.29, 0.717) is 30.4 Å². The molecule has 3 unspecified atom stereocenters. The fraction of sp³-hybridized carbons (Fsp3) is 1.00. The predicted molar refractivity (Wildman–Crippen MR) is 102 cm³/mol. The van der Waals surface area contributed by atoms with Gasteiger partial charge in [-0.1, -0.05) is 54.4 Å². The molecule has 0 aromatic heterocycles. The Kier molecular flexibility index (Phi) is 11.4. The van der Waals surface area contributed by atoms with Crippen molar-refractivity contribution in [3.8, 4) is 0 Å². The molecule has 0 saturated heterocycles. The van der Waals surface area contributed by atoms with Crippen LogP contribution in [0.2, 0.25) is 0 Å². The van der Waals surface area contributed by atoms with Gasteiger partial charge in [-0.15, -0.1) is 0 Å². The highest BCUT2D eigenvalue weighted by atomic mass is 16.3. The average molecular weight is 330 g/mol. The molecule has 3 nitrogen and oxygen atoms in total. The van der Waals surface area contributed by atoms with Crippen molar-refractivity contribution in [1.82, 2.24) is 4.90 Å². The Morgan fingerprint density at radius 1 is 0.957 bits per heavy atom. The van der Waals surface area contributed by atoms with E-state index in [9.17, 15) is 5.11 Å². The van der Waals surface area contributed by atoms with Crippen LogP contribution in [0.15, 0.2) is 0 Å². The molecule has 3 heteroatoms. The van der Waals surface area contributed by atoms with Gasteiger partial charge in [-0.05, 0) is 24.7 Å². The Morgan fingerprint density at radius 2 is 1.52 bits per heavy atom. The molecule has 0 heterocycles. The van der Waals surface area contributed by atoms with Crippen molar-refractivity contribution in [1.29, 1.82) is 0 Å². The highest BCUT2D eigenvalue weighted by Crippen LogP contribution is 2.23. The molecule has 0 radical (unpaired) electrons. The minimum atomic E-state index is 0.329. The third-order valence-corrected chi connectivity index (χ3v) is 5.51. The van der Waals surface area contributed by atoms with Gasteiger partial charge in [0.05, 0.1) is 20.1 Å². The van der Waals surface area contributed by atoms with Crippen LogP contribution in [0.5, 0.6) is 0 Å². The fourth-order valence-electron chi connectivity index (χ4n) is 4.18. The van der Waals surface area contributed by atoms with Crippen LogP contribution in [-0.4, -0.2) is 61.0 Å². The van der Waals surface area contributed by atoms with Gasteiger partial charge in [-0.25, -0.2) is 0 Å². The Hall–Kier alpha value is -0.120. The van der Waals surface area contributed by atoms with Gasteiger partial charge in [0, 0.05) is 25.6 Å². The Balaban J connectivity index is 4.83. The van der Waals surface area contributed by atoms with E-state index >= 15 is 0 Å². The quantitative estimate of drug-likeness (QED) is 0.404. The normalized spacial score (nSPS) is 16.8. The van der Waals surface area contributed by atoms with Crippen molar-refractivity contribution in [3.05, 3.63) is 0 Å². The molecule has 0 aliphatic rings. The van der Waals surface area contributed by atoms with Gasteiger partial charge in [0.2, 0.25) is 0 Å². The van der Waals surface area contributed by atoms with E-state index in [1.807, 2.05) is 0 Å². The average Bonchev–Trinajstić information content (AvgIpc) is 2.48. The first-order valence-electron chi connectivity index (χ1n) is 9.89. The maximum atomic E-state index is 9.65. The summed E-state index contributed by atoms with van der Waals surface area (Å²) in [6.07, 6.45) is 4.86. The fourth-order valence-corrected chi connectivity index (χ4v) is 4.18. The lowest BCUT2D eigenvalue weighted by Gasteiger charge is -2.44. The first-order valence-corrected chi connectivity index (χ1v) is 9.89. The number of hydrogen-bond acceptors (Lipinski definition) is 2. The van der Waals surface area contributed by atoms with Crippen LogP contribution in [0.4, 0.5) is 0 Å². The first-order chi connectivity index (χ1) is 10.7. The maximum Gasteiger partial charge on any atom is 0.134 e. The summed E-state index contributed by atoms with van der Waals surface area (Å²) < 4.78 is 1.07. The summed E-state index contributed by atoms with van der Waals surface area (Å²) in [5, 5.41) is 9.65. The minimum Gasteiger partial charge on any atom is -0.396 e. The van der Waals surface area contributed by atoms with Gasteiger partial charge in [0.1, 0.15) is 6.67 Å². The van der Waals surface area contributed by atoms with E-state index in [1.54, 1.807) is 0 Å². The highest BCUT2D eigenvalue weighted by molar-refractivity contribution is 4.70. The molecular formula is C20H45N2O+. The molecule has 1 N–H and O–H groups in total. The molecule has 140 valence electrons. The van der Waals surface area contributed by atoms with Crippen LogP contribution in [0.3, 0.4) is 0 Å². The molecule has 0 saturated carbocycles. The van der Waals surface area contributed by atoms with Crippen LogP contribution in [0.25, 0.3) is 0 Å². The van der Waals surface area contributed by atoms with Gasteiger partial charge in [-0.3, -0.25) is 4.90 Å². The lowest BCUT2D eigenvalue weighted by molar-refractivity contribution is -0.928. The van der Waals surface area contributed by atoms with E-state index in [4.69, 9.17) is 0 Å². The summed E-state index contributed by atoms with van der Waals surface area (Å²) in [5.41, 5.74) is 0. The van der Waals surface area contributed by atoms with Crippen LogP contribution in [0.1, 0.15) is 67.2 Å². The van der Waals surface area contributed by atoms with E-state index in [0.717, 1.165) is 37.1 Å². The predicted octanol–water partition coefficient (Wildman–Crippen LogP) is 4.21. The molecule has 0 rings (SSSR count). The smallest absolute Gasteiger partial charge is 0.134 e. The van der Waals surface area contributed by atoms with Crippen LogP contribution >= 0.6 is 0 Å². The Bertz CT molecular complexity index is 291. The van der Waals surface area contributed by atoms with Crippen molar-refractivity contribution in [2.24, 2.45) is 17.8 Å². The van der Waals surface area contributed by atoms with Crippen molar-refractivity contribution < 1.29 is 9.59 Å². The lowest BCUT2D eigenvalue weighted by atomic mass is 9.90. The van der Waals surface area contributed by atoms with E-state index in [2.05, 4.69) is 60.5 Å². The molecule has 0 aromatic carbocycles. The Morgan fingerprint density at radius 3 is 1.91 bits per heavy atom. The monoisotopic (exact) mass is 329 g/mol. The van der Waals surface area contributed by atoms with Gasteiger partial charge < -0.3 is 9.59 Å². The third-order valence-electron chi connectivity index (χ3n) is 5.51. The van der Waals surface area contributed by atoms with Gasteiger partial charge in [-0.2, -0.15) is 0 Å². The largest absolute Gasteiger partial charge is 0.396 e. The van der Waals surface area contributed by atoms with Crippen LogP contribution in [0, 0.1) is 17.8 Å². The van der Waals surface area contributed by atoms with Crippen LogP contribution in [-0.2, 0) is 0 Å². The van der Waals surface area contributed by atoms with Crippen molar-refractivity contribution in [2.45, 2.75) is 73.3 Å². The molecule has 0 aromatic rings. The summed E-state index contributed by atoms with van der Waals surface area (Å²) >= 11 is 0. The SMILES string of the molecule is CCCC(CO)C(C)CN(CC)C[N+](C)(C)C(CCC)C(C)C. The minimum absolute atomic E-state index is 0.329. The second kappa shape index (κ2) is 11.4. The molecule has 0 aliphatic heterocycles. The van der Waals surface area contributed by atoms with Gasteiger partial charge in [0.25, 0.3) is 0 Å². The molecule has 0 aliphatic carbocycles. The highest BCUT2D eigenvalue weighted by Gasteiger charge is 2.32. The summed E-state index contributed by atoms with van der Waals surface area (Å²) in [4.78, 5) is 2.59. The number of aliphatic hydroxyl groups is 1. The molecule has 0 spiro atoms. The Labute approximate surface area is 146 Å². The zero-order chi connectivity index (χ0) is 18.0. The molecule has 3 atom stereocenters. The topological polar surface area (TPSA) is 23.5 Å². The van der Waals surface area contributed by atoms with E-state index < -0.39 is 0 Å². The molecule has 23 heavy (non-hydrogen) atoms. The molecule has 0 fully saturated rings. The van der Waals surface area contributed by atoms with Crippen molar-refractivity contribution in [3.63, 3.8) is 0 Å². The molecule has 0 bridgehead atoms. The number of hydrogen-bond donors (Lipinski definition) is 1. The second-order valence-corrected chi connectivity index (χ2v) is 8.40. The van der Waals surface area contributed by atoms with Crippen molar-refractivity contribution in [2.75, 3.05) is 40.5 Å². The molecule has 0 amide bonds. The standard InChI is InChI=1S/C20H45N2O/c1-9-12-19(15-23)18(6)14-21(11-3)16-22(7,8)20(13-10-2)17(4)5/h17-20,23H,9-16H2,1-8H3/q+1. The summed E-state index contributed by atoms with van der Waals surface area (Å²) in [5.74, 6) is 1.72. The third kappa shape index (κ3) is 8.00. The van der Waals surface area contributed by atoms with Crippen molar-refractivity contribution >= 4 is 0 Å². The number of nitrogens with zero attached hydrogens (tertiary/aromatic N) is 2. The van der Waals surface area contributed by atoms with Gasteiger partial charge in [0.15, 0.2) is 0 Å². The zero-order valence-corrected chi connectivity index (χ0v) is 17.3. The molecular weight excluding hydrogens is 284 g/mol. The maximum absolute atomic E-state index is 9.65. The number of rotatable bonds is 13. The lowest BCUT2D eigenvalue weighted by Crippen LogP contribution is -2.57. The van der Waals surface area contributed by atoms with E-state index in [1.165, 1.54) is 12.8 Å². The van der Waals surface area contributed by atoms with Gasteiger partial charge >= 0.3 is 0 Å². The van der Waals surface area contributed by atoms with Crippen LogP contribution < -0.4 is 0 Å². The first kappa shape index (κ1) is 22.9. The number of quaternary nitrogens is 1. The second-order valence-electron chi connectivity index (χ2n) is 8.40. The van der Waals surface area contributed by atoms with E-state index in [-0.39, 0.29) is 0 Å². The summed E-state index contributed by atoms with van der Waals surface area (Å²) in [6, 6.07) is 0.716. The number of aliphatic hydroxyl groups excluding tert-OH is 1.